The molecule has 3 rings (SSSR count). The molecule has 0 saturated carbocycles. The number of amides is 1. The molecular formula is C19H18N2O5. The van der Waals surface area contributed by atoms with E-state index >= 15 is 0 Å². The summed E-state index contributed by atoms with van der Waals surface area (Å²) in [5.74, 6) is 0.135. The minimum atomic E-state index is -0.590. The van der Waals surface area contributed by atoms with E-state index in [4.69, 9.17) is 4.74 Å². The normalized spacial score (nSPS) is 13.5. The van der Waals surface area contributed by atoms with E-state index in [0.717, 1.165) is 25.9 Å². The second-order valence-electron chi connectivity index (χ2n) is 6.12. The number of nitro benzene ring substituents is 1. The zero-order valence-electron chi connectivity index (χ0n) is 14.3. The Labute approximate surface area is 150 Å². The molecule has 0 N–H and O–H groups in total. The van der Waals surface area contributed by atoms with Crippen molar-refractivity contribution in [1.82, 2.24) is 4.90 Å². The maximum atomic E-state index is 12.3. The molecule has 134 valence electrons. The molecule has 1 amide bonds. The lowest BCUT2D eigenvalue weighted by Crippen LogP contribution is -2.27. The van der Waals surface area contributed by atoms with Crippen LogP contribution in [0.5, 0.6) is 11.5 Å². The Hall–Kier alpha value is -3.22. The van der Waals surface area contributed by atoms with Gasteiger partial charge in [-0.05, 0) is 56.2 Å². The number of ketones is 1. The average molecular weight is 354 g/mol. The highest BCUT2D eigenvalue weighted by Gasteiger charge is 2.20. The molecule has 1 saturated heterocycles. The van der Waals surface area contributed by atoms with Crippen LogP contribution in [0, 0.1) is 10.1 Å². The highest BCUT2D eigenvalue weighted by Crippen LogP contribution is 2.32. The first-order chi connectivity index (χ1) is 12.5. The molecule has 0 spiro atoms. The third-order valence-electron chi connectivity index (χ3n) is 4.28. The molecule has 7 heteroatoms. The number of benzene rings is 2. The van der Waals surface area contributed by atoms with Crippen LogP contribution < -0.4 is 4.74 Å². The third kappa shape index (κ3) is 3.72. The molecule has 0 unspecified atom stereocenters. The van der Waals surface area contributed by atoms with Gasteiger partial charge in [0.25, 0.3) is 5.91 Å². The first-order valence-electron chi connectivity index (χ1n) is 8.32. The Morgan fingerprint density at radius 1 is 1.04 bits per heavy atom. The van der Waals surface area contributed by atoms with Crippen molar-refractivity contribution in [3.05, 3.63) is 63.7 Å². The molecular weight excluding hydrogens is 336 g/mol. The molecule has 0 radical (unpaired) electrons. The van der Waals surface area contributed by atoms with Gasteiger partial charge >= 0.3 is 5.69 Å². The van der Waals surface area contributed by atoms with Crippen molar-refractivity contribution in [2.75, 3.05) is 13.1 Å². The molecule has 2 aromatic carbocycles. The fraction of sp³-hybridized carbons (Fsp3) is 0.263. The van der Waals surface area contributed by atoms with Gasteiger partial charge in [0.2, 0.25) is 5.75 Å². The van der Waals surface area contributed by atoms with E-state index < -0.39 is 4.92 Å². The Balaban J connectivity index is 1.79. The predicted octanol–water partition coefficient (Wildman–Crippen LogP) is 3.83. The highest BCUT2D eigenvalue weighted by atomic mass is 16.6. The summed E-state index contributed by atoms with van der Waals surface area (Å²) >= 11 is 0. The van der Waals surface area contributed by atoms with Crippen LogP contribution in [-0.4, -0.2) is 34.6 Å². The molecule has 26 heavy (non-hydrogen) atoms. The number of rotatable bonds is 5. The largest absolute Gasteiger partial charge is 0.450 e. The molecule has 1 heterocycles. The number of nitrogens with zero attached hydrogens (tertiary/aromatic N) is 2. The monoisotopic (exact) mass is 354 g/mol. The summed E-state index contributed by atoms with van der Waals surface area (Å²) in [7, 11) is 0. The van der Waals surface area contributed by atoms with E-state index in [0.29, 0.717) is 11.3 Å². The maximum absolute atomic E-state index is 12.3. The average Bonchev–Trinajstić information content (AvgIpc) is 3.16. The van der Waals surface area contributed by atoms with Gasteiger partial charge in [-0.2, -0.15) is 0 Å². The molecule has 0 atom stereocenters. The Morgan fingerprint density at radius 3 is 2.23 bits per heavy atom. The Morgan fingerprint density at radius 2 is 1.65 bits per heavy atom. The summed E-state index contributed by atoms with van der Waals surface area (Å²) in [5, 5.41) is 11.2. The topological polar surface area (TPSA) is 89.8 Å². The highest BCUT2D eigenvalue weighted by molar-refractivity contribution is 5.95. The molecule has 0 bridgehead atoms. The van der Waals surface area contributed by atoms with Crippen LogP contribution in [0.15, 0.2) is 42.5 Å². The summed E-state index contributed by atoms with van der Waals surface area (Å²) in [6.45, 7) is 2.88. The fourth-order valence-electron chi connectivity index (χ4n) is 2.86. The number of carbonyl (C=O) groups is 2. The summed E-state index contributed by atoms with van der Waals surface area (Å²) in [6.07, 6.45) is 2.04. The number of hydrogen-bond acceptors (Lipinski definition) is 5. The van der Waals surface area contributed by atoms with Crippen molar-refractivity contribution in [2.24, 2.45) is 0 Å². The summed E-state index contributed by atoms with van der Waals surface area (Å²) < 4.78 is 5.59. The molecule has 1 aliphatic heterocycles. The van der Waals surface area contributed by atoms with Gasteiger partial charge in [-0.15, -0.1) is 0 Å². The number of carbonyl (C=O) groups excluding carboxylic acids is 2. The molecule has 7 nitrogen and oxygen atoms in total. The lowest BCUT2D eigenvalue weighted by molar-refractivity contribution is -0.385. The van der Waals surface area contributed by atoms with E-state index in [2.05, 4.69) is 0 Å². The zero-order chi connectivity index (χ0) is 18.7. The number of hydrogen-bond donors (Lipinski definition) is 0. The molecule has 2 aromatic rings. The van der Waals surface area contributed by atoms with Crippen LogP contribution in [0.2, 0.25) is 0 Å². The lowest BCUT2D eigenvalue weighted by atomic mass is 10.1. The first-order valence-corrected chi connectivity index (χ1v) is 8.32. The number of ether oxygens (including phenoxy) is 1. The molecule has 1 fully saturated rings. The minimum Gasteiger partial charge on any atom is -0.450 e. The Bertz CT molecular complexity index is 855. The zero-order valence-corrected chi connectivity index (χ0v) is 14.3. The molecule has 0 aliphatic carbocycles. The Kier molecular flexibility index (Phi) is 4.97. The van der Waals surface area contributed by atoms with Crippen LogP contribution in [-0.2, 0) is 0 Å². The lowest BCUT2D eigenvalue weighted by Gasteiger charge is -2.15. The van der Waals surface area contributed by atoms with Crippen molar-refractivity contribution in [1.29, 1.82) is 0 Å². The van der Waals surface area contributed by atoms with Crippen LogP contribution in [0.3, 0.4) is 0 Å². The number of nitro groups is 1. The van der Waals surface area contributed by atoms with Crippen molar-refractivity contribution in [3.63, 3.8) is 0 Å². The summed E-state index contributed by atoms with van der Waals surface area (Å²) in [6, 6.07) is 10.6. The van der Waals surface area contributed by atoms with Gasteiger partial charge in [0.1, 0.15) is 5.75 Å². The molecule has 1 aliphatic rings. The SMILES string of the molecule is CC(=O)c1ccc(Oc2ccc(C(=O)N3CCCC3)cc2)c([N+](=O)[O-])c1. The number of likely N-dealkylation sites (tertiary alicyclic amines) is 1. The van der Waals surface area contributed by atoms with Crippen molar-refractivity contribution in [2.45, 2.75) is 19.8 Å². The smallest absolute Gasteiger partial charge is 0.312 e. The van der Waals surface area contributed by atoms with E-state index in [-0.39, 0.29) is 28.7 Å². The molecule has 0 aromatic heterocycles. The second kappa shape index (κ2) is 7.35. The first kappa shape index (κ1) is 17.6. The van der Waals surface area contributed by atoms with Crippen LogP contribution in [0.1, 0.15) is 40.5 Å². The van der Waals surface area contributed by atoms with Gasteiger partial charge in [-0.3, -0.25) is 19.7 Å². The van der Waals surface area contributed by atoms with Crippen LogP contribution >= 0.6 is 0 Å². The van der Waals surface area contributed by atoms with Gasteiger partial charge < -0.3 is 9.64 Å². The third-order valence-corrected chi connectivity index (χ3v) is 4.28. The standard InChI is InChI=1S/C19H18N2O5/c1-13(22)15-6-9-18(17(12-15)21(24)25)26-16-7-4-14(5-8-16)19(23)20-10-2-3-11-20/h4-9,12H,2-3,10-11H2,1H3. The number of Topliss-reactive ketones (excluding diaryl/α,β-unsaturated/α-hetero) is 1. The van der Waals surface area contributed by atoms with Crippen LogP contribution in [0.4, 0.5) is 5.69 Å². The summed E-state index contributed by atoms with van der Waals surface area (Å²) in [5.41, 5.74) is 0.520. The fourth-order valence-corrected chi connectivity index (χ4v) is 2.86. The summed E-state index contributed by atoms with van der Waals surface area (Å²) in [4.78, 5) is 36.2. The van der Waals surface area contributed by atoms with E-state index in [1.807, 2.05) is 0 Å². The van der Waals surface area contributed by atoms with Gasteiger partial charge in [-0.25, -0.2) is 0 Å². The van der Waals surface area contributed by atoms with E-state index in [1.54, 1.807) is 29.2 Å². The van der Waals surface area contributed by atoms with Crippen molar-refractivity contribution in [3.8, 4) is 11.5 Å². The van der Waals surface area contributed by atoms with Gasteiger partial charge in [0.05, 0.1) is 4.92 Å². The minimum absolute atomic E-state index is 0.0224. The van der Waals surface area contributed by atoms with Gasteiger partial charge in [-0.1, -0.05) is 0 Å². The predicted molar refractivity (Wildman–Crippen MR) is 94.8 cm³/mol. The van der Waals surface area contributed by atoms with E-state index in [1.165, 1.54) is 25.1 Å². The van der Waals surface area contributed by atoms with E-state index in [9.17, 15) is 19.7 Å². The quantitative estimate of drug-likeness (QED) is 0.462. The maximum Gasteiger partial charge on any atom is 0.312 e. The van der Waals surface area contributed by atoms with Crippen molar-refractivity contribution >= 4 is 17.4 Å². The second-order valence-corrected chi connectivity index (χ2v) is 6.12. The van der Waals surface area contributed by atoms with Crippen LogP contribution in [0.25, 0.3) is 0 Å². The van der Waals surface area contributed by atoms with Gasteiger partial charge in [0, 0.05) is 30.3 Å². The van der Waals surface area contributed by atoms with Crippen molar-refractivity contribution < 1.29 is 19.2 Å². The van der Waals surface area contributed by atoms with Gasteiger partial charge in [0.15, 0.2) is 5.78 Å².